The number of rotatable bonds is 5. The smallest absolute Gasteiger partial charge is 0.231 e. The van der Waals surface area contributed by atoms with Gasteiger partial charge in [0.1, 0.15) is 23.8 Å². The van der Waals surface area contributed by atoms with E-state index >= 15 is 0 Å². The molecule has 5 nitrogen and oxygen atoms in total. The molecule has 1 aliphatic rings. The second-order valence-electron chi connectivity index (χ2n) is 4.58. The van der Waals surface area contributed by atoms with E-state index in [2.05, 4.69) is 0 Å². The maximum absolute atomic E-state index is 6.03. The Bertz CT molecular complexity index is 642. The van der Waals surface area contributed by atoms with E-state index in [1.165, 1.54) is 0 Å². The highest BCUT2D eigenvalue weighted by molar-refractivity contribution is 5.62. The minimum absolute atomic E-state index is 0.267. The summed E-state index contributed by atoms with van der Waals surface area (Å²) in [5.74, 6) is 2.75. The van der Waals surface area contributed by atoms with Gasteiger partial charge in [-0.1, -0.05) is 12.1 Å². The van der Waals surface area contributed by atoms with Crippen LogP contribution in [0.25, 0.3) is 0 Å². The molecule has 0 bridgehead atoms. The van der Waals surface area contributed by atoms with Gasteiger partial charge >= 0.3 is 0 Å². The first-order chi connectivity index (χ1) is 10.3. The van der Waals surface area contributed by atoms with E-state index in [0.29, 0.717) is 30.4 Å². The standard InChI is InChI=1S/C16H17NO4/c1-2-18-13-4-3-5-14(16(13)17)19-9-11-6-7-12-15(8-11)21-10-20-12/h3-8H,2,9-10,17H2,1H3. The fourth-order valence-electron chi connectivity index (χ4n) is 2.12. The number of benzene rings is 2. The van der Waals surface area contributed by atoms with Crippen molar-refractivity contribution in [2.45, 2.75) is 13.5 Å². The summed E-state index contributed by atoms with van der Waals surface area (Å²) >= 11 is 0. The van der Waals surface area contributed by atoms with E-state index < -0.39 is 0 Å². The predicted octanol–water partition coefficient (Wildman–Crippen LogP) is 2.98. The van der Waals surface area contributed by atoms with Gasteiger partial charge in [0.05, 0.1) is 6.61 Å². The van der Waals surface area contributed by atoms with E-state index in [0.717, 1.165) is 17.1 Å². The number of anilines is 1. The highest BCUT2D eigenvalue weighted by Gasteiger charge is 2.14. The van der Waals surface area contributed by atoms with Crippen molar-refractivity contribution in [1.29, 1.82) is 0 Å². The monoisotopic (exact) mass is 287 g/mol. The summed E-state index contributed by atoms with van der Waals surface area (Å²) in [4.78, 5) is 0. The van der Waals surface area contributed by atoms with Gasteiger partial charge in [0.2, 0.25) is 6.79 Å². The summed E-state index contributed by atoms with van der Waals surface area (Å²) in [6.45, 7) is 3.15. The average molecular weight is 287 g/mol. The van der Waals surface area contributed by atoms with Gasteiger partial charge in [-0.2, -0.15) is 0 Å². The number of fused-ring (bicyclic) bond motifs is 1. The van der Waals surface area contributed by atoms with Crippen molar-refractivity contribution >= 4 is 5.69 Å². The highest BCUT2D eigenvalue weighted by atomic mass is 16.7. The molecule has 0 saturated heterocycles. The first-order valence-corrected chi connectivity index (χ1v) is 6.80. The maximum atomic E-state index is 6.03. The first kappa shape index (κ1) is 13.4. The summed E-state index contributed by atoms with van der Waals surface area (Å²) in [7, 11) is 0. The Labute approximate surface area is 123 Å². The van der Waals surface area contributed by atoms with Crippen molar-refractivity contribution in [2.24, 2.45) is 0 Å². The van der Waals surface area contributed by atoms with Crippen LogP contribution in [0.2, 0.25) is 0 Å². The Kier molecular flexibility index (Phi) is 3.73. The molecule has 5 heteroatoms. The van der Waals surface area contributed by atoms with Crippen molar-refractivity contribution in [2.75, 3.05) is 19.1 Å². The van der Waals surface area contributed by atoms with E-state index in [1.54, 1.807) is 0 Å². The molecule has 110 valence electrons. The zero-order chi connectivity index (χ0) is 14.7. The molecular weight excluding hydrogens is 270 g/mol. The number of para-hydroxylation sites is 1. The lowest BCUT2D eigenvalue weighted by Crippen LogP contribution is -2.02. The highest BCUT2D eigenvalue weighted by Crippen LogP contribution is 2.34. The fraction of sp³-hybridized carbons (Fsp3) is 0.250. The second kappa shape index (κ2) is 5.83. The molecule has 21 heavy (non-hydrogen) atoms. The van der Waals surface area contributed by atoms with E-state index in [9.17, 15) is 0 Å². The van der Waals surface area contributed by atoms with Gasteiger partial charge in [0.25, 0.3) is 0 Å². The molecule has 0 saturated carbocycles. The van der Waals surface area contributed by atoms with Crippen LogP contribution in [0.3, 0.4) is 0 Å². The van der Waals surface area contributed by atoms with Gasteiger partial charge in [0, 0.05) is 0 Å². The SMILES string of the molecule is CCOc1cccc(OCc2ccc3c(c2)OCO3)c1N. The number of nitrogens with two attached hydrogens (primary N) is 1. The molecular formula is C16H17NO4. The summed E-state index contributed by atoms with van der Waals surface area (Å²) in [5.41, 5.74) is 7.53. The van der Waals surface area contributed by atoms with Crippen molar-refractivity contribution < 1.29 is 18.9 Å². The molecule has 0 fully saturated rings. The third-order valence-electron chi connectivity index (χ3n) is 3.16. The lowest BCUT2D eigenvalue weighted by Gasteiger charge is -2.12. The van der Waals surface area contributed by atoms with Crippen molar-refractivity contribution in [3.8, 4) is 23.0 Å². The molecule has 1 heterocycles. The molecule has 2 aromatic rings. The van der Waals surface area contributed by atoms with Crippen LogP contribution in [-0.2, 0) is 6.61 Å². The lowest BCUT2D eigenvalue weighted by atomic mass is 10.2. The second-order valence-corrected chi connectivity index (χ2v) is 4.58. The van der Waals surface area contributed by atoms with E-state index in [1.807, 2.05) is 43.3 Å². The molecule has 0 atom stereocenters. The Morgan fingerprint density at radius 2 is 1.81 bits per heavy atom. The van der Waals surface area contributed by atoms with Gasteiger partial charge in [0.15, 0.2) is 11.5 Å². The van der Waals surface area contributed by atoms with Crippen LogP contribution in [0.5, 0.6) is 23.0 Å². The lowest BCUT2D eigenvalue weighted by molar-refractivity contribution is 0.174. The zero-order valence-corrected chi connectivity index (χ0v) is 11.8. The third kappa shape index (κ3) is 2.81. The van der Waals surface area contributed by atoms with Crippen LogP contribution in [0.1, 0.15) is 12.5 Å². The number of hydrogen-bond donors (Lipinski definition) is 1. The Morgan fingerprint density at radius 1 is 1.05 bits per heavy atom. The van der Waals surface area contributed by atoms with Gasteiger partial charge in [-0.15, -0.1) is 0 Å². The predicted molar refractivity (Wildman–Crippen MR) is 78.9 cm³/mol. The number of ether oxygens (including phenoxy) is 4. The van der Waals surface area contributed by atoms with Crippen LogP contribution in [-0.4, -0.2) is 13.4 Å². The van der Waals surface area contributed by atoms with Crippen LogP contribution in [0.4, 0.5) is 5.69 Å². The summed E-state index contributed by atoms with van der Waals surface area (Å²) in [6, 6.07) is 11.2. The van der Waals surface area contributed by atoms with Gasteiger partial charge in [-0.05, 0) is 36.8 Å². The fourth-order valence-corrected chi connectivity index (χ4v) is 2.12. The van der Waals surface area contributed by atoms with Crippen LogP contribution in [0, 0.1) is 0 Å². The van der Waals surface area contributed by atoms with Gasteiger partial charge < -0.3 is 24.7 Å². The molecule has 3 rings (SSSR count). The minimum Gasteiger partial charge on any atom is -0.492 e. The molecule has 2 N–H and O–H groups in total. The van der Waals surface area contributed by atoms with Crippen LogP contribution < -0.4 is 24.7 Å². The van der Waals surface area contributed by atoms with Gasteiger partial charge in [-0.25, -0.2) is 0 Å². The van der Waals surface area contributed by atoms with E-state index in [-0.39, 0.29) is 6.79 Å². The molecule has 0 unspecified atom stereocenters. The Morgan fingerprint density at radius 3 is 2.62 bits per heavy atom. The molecule has 0 radical (unpaired) electrons. The quantitative estimate of drug-likeness (QED) is 0.857. The summed E-state index contributed by atoms with van der Waals surface area (Å²) < 4.78 is 21.8. The molecule has 0 aliphatic carbocycles. The molecule has 0 aromatic heterocycles. The van der Waals surface area contributed by atoms with Crippen molar-refractivity contribution in [3.63, 3.8) is 0 Å². The largest absolute Gasteiger partial charge is 0.492 e. The molecule has 0 amide bonds. The zero-order valence-electron chi connectivity index (χ0n) is 11.8. The normalized spacial score (nSPS) is 12.2. The Balaban J connectivity index is 1.71. The summed E-state index contributed by atoms with van der Waals surface area (Å²) in [5, 5.41) is 0. The average Bonchev–Trinajstić information content (AvgIpc) is 2.96. The van der Waals surface area contributed by atoms with Crippen LogP contribution in [0.15, 0.2) is 36.4 Å². The summed E-state index contributed by atoms with van der Waals surface area (Å²) in [6.07, 6.45) is 0. The molecule has 2 aromatic carbocycles. The number of nitrogen functional groups attached to an aromatic ring is 1. The minimum atomic E-state index is 0.267. The third-order valence-corrected chi connectivity index (χ3v) is 3.16. The van der Waals surface area contributed by atoms with E-state index in [4.69, 9.17) is 24.7 Å². The Hall–Kier alpha value is -2.56. The van der Waals surface area contributed by atoms with Crippen LogP contribution >= 0.6 is 0 Å². The first-order valence-electron chi connectivity index (χ1n) is 6.80. The molecule has 1 aliphatic heterocycles. The van der Waals surface area contributed by atoms with Crippen molar-refractivity contribution in [1.82, 2.24) is 0 Å². The number of hydrogen-bond acceptors (Lipinski definition) is 5. The van der Waals surface area contributed by atoms with Gasteiger partial charge in [-0.3, -0.25) is 0 Å². The maximum Gasteiger partial charge on any atom is 0.231 e. The molecule has 0 spiro atoms. The topological polar surface area (TPSA) is 62.9 Å². The van der Waals surface area contributed by atoms with Crippen molar-refractivity contribution in [3.05, 3.63) is 42.0 Å².